The first-order chi connectivity index (χ1) is 15.7. The van der Waals surface area contributed by atoms with Crippen molar-refractivity contribution in [2.45, 2.75) is 38.1 Å². The molecule has 1 fully saturated rings. The molecule has 32 heavy (non-hydrogen) atoms. The molecular formula is C24H29N3O5. The number of amides is 2. The van der Waals surface area contributed by atoms with Crippen LogP contribution in [0.1, 0.15) is 42.5 Å². The van der Waals surface area contributed by atoms with E-state index >= 15 is 0 Å². The summed E-state index contributed by atoms with van der Waals surface area (Å²) in [6.45, 7) is 2.31. The Morgan fingerprint density at radius 3 is 2.69 bits per heavy atom. The van der Waals surface area contributed by atoms with Gasteiger partial charge in [0.25, 0.3) is 5.91 Å². The van der Waals surface area contributed by atoms with Crippen molar-refractivity contribution < 1.29 is 23.8 Å². The van der Waals surface area contributed by atoms with Crippen LogP contribution in [-0.4, -0.2) is 60.7 Å². The molecule has 2 amide bonds. The highest BCUT2D eigenvalue weighted by molar-refractivity contribution is 5.98. The van der Waals surface area contributed by atoms with E-state index in [9.17, 15) is 9.59 Å². The standard InChI is InChI=1S/C24H29N3O5/c28-22(26-18-10-15-30-16-11-18)17-27-13-4-1-5-14-31-20-8-2-3-9-21(20)32-23-19(24(27)29)7-6-12-25-23/h2-3,6-9,12,18H,1,4-5,10-11,13-17H2,(H,26,28). The first-order valence-corrected chi connectivity index (χ1v) is 11.2. The van der Waals surface area contributed by atoms with Crippen molar-refractivity contribution in [2.75, 3.05) is 32.9 Å². The fraction of sp³-hybridized carbons (Fsp3) is 0.458. The quantitative estimate of drug-likeness (QED) is 0.790. The van der Waals surface area contributed by atoms with E-state index < -0.39 is 0 Å². The molecule has 0 atom stereocenters. The minimum absolute atomic E-state index is 0.00237. The van der Waals surface area contributed by atoms with Crippen molar-refractivity contribution in [3.05, 3.63) is 48.2 Å². The largest absolute Gasteiger partial charge is 0.490 e. The first-order valence-electron chi connectivity index (χ1n) is 11.2. The normalized spacial score (nSPS) is 18.0. The molecule has 0 radical (unpaired) electrons. The number of aromatic nitrogens is 1. The second kappa shape index (κ2) is 10.9. The Kier molecular flexibility index (Phi) is 7.55. The number of para-hydroxylation sites is 2. The molecule has 1 aromatic carbocycles. The monoisotopic (exact) mass is 439 g/mol. The van der Waals surface area contributed by atoms with E-state index in [4.69, 9.17) is 14.2 Å². The Morgan fingerprint density at radius 2 is 1.84 bits per heavy atom. The summed E-state index contributed by atoms with van der Waals surface area (Å²) in [6.07, 6.45) is 5.66. The smallest absolute Gasteiger partial charge is 0.259 e. The van der Waals surface area contributed by atoms with Crippen LogP contribution < -0.4 is 14.8 Å². The van der Waals surface area contributed by atoms with Gasteiger partial charge in [0, 0.05) is 32.0 Å². The minimum atomic E-state index is -0.270. The molecule has 2 aliphatic heterocycles. The SMILES string of the molecule is O=C(CN1CCCCCOc2ccccc2Oc2ncccc2C1=O)NC1CCOCC1. The maximum Gasteiger partial charge on any atom is 0.259 e. The molecule has 0 bridgehead atoms. The molecule has 1 aromatic heterocycles. The van der Waals surface area contributed by atoms with E-state index in [0.717, 1.165) is 32.1 Å². The third-order valence-electron chi connectivity index (χ3n) is 5.60. The average molecular weight is 440 g/mol. The number of carbonyl (C=O) groups excluding carboxylic acids is 2. The topological polar surface area (TPSA) is 90.0 Å². The maximum atomic E-state index is 13.5. The number of rotatable bonds is 3. The van der Waals surface area contributed by atoms with Gasteiger partial charge >= 0.3 is 0 Å². The molecule has 1 saturated heterocycles. The van der Waals surface area contributed by atoms with E-state index in [1.807, 2.05) is 18.2 Å². The fourth-order valence-electron chi connectivity index (χ4n) is 3.87. The zero-order valence-corrected chi connectivity index (χ0v) is 18.1. The third kappa shape index (κ3) is 5.76. The van der Waals surface area contributed by atoms with Crippen LogP contribution in [0.2, 0.25) is 0 Å². The summed E-state index contributed by atoms with van der Waals surface area (Å²) in [7, 11) is 0. The van der Waals surface area contributed by atoms with Crippen molar-refractivity contribution in [3.8, 4) is 17.4 Å². The van der Waals surface area contributed by atoms with Gasteiger partial charge in [-0.2, -0.15) is 0 Å². The van der Waals surface area contributed by atoms with E-state index in [-0.39, 0.29) is 30.3 Å². The predicted octanol–water partition coefficient (Wildman–Crippen LogP) is 3.17. The lowest BCUT2D eigenvalue weighted by Gasteiger charge is -2.26. The number of nitrogens with zero attached hydrogens (tertiary/aromatic N) is 2. The van der Waals surface area contributed by atoms with Gasteiger partial charge in [0.05, 0.1) is 13.2 Å². The summed E-state index contributed by atoms with van der Waals surface area (Å²) in [5.41, 5.74) is 0.320. The number of pyridine rings is 1. The summed E-state index contributed by atoms with van der Waals surface area (Å²) < 4.78 is 17.2. The predicted molar refractivity (Wildman–Crippen MR) is 118 cm³/mol. The molecule has 8 nitrogen and oxygen atoms in total. The van der Waals surface area contributed by atoms with Gasteiger partial charge < -0.3 is 24.4 Å². The fourth-order valence-corrected chi connectivity index (χ4v) is 3.87. The zero-order valence-electron chi connectivity index (χ0n) is 18.1. The van der Waals surface area contributed by atoms with Crippen LogP contribution in [0.15, 0.2) is 42.6 Å². The summed E-state index contributed by atoms with van der Waals surface area (Å²) in [5, 5.41) is 3.04. The summed E-state index contributed by atoms with van der Waals surface area (Å²) >= 11 is 0. The summed E-state index contributed by atoms with van der Waals surface area (Å²) in [4.78, 5) is 32.0. The van der Waals surface area contributed by atoms with Crippen LogP contribution in [0.25, 0.3) is 0 Å². The maximum absolute atomic E-state index is 13.5. The van der Waals surface area contributed by atoms with Gasteiger partial charge in [-0.15, -0.1) is 0 Å². The number of fused-ring (bicyclic) bond motifs is 2. The van der Waals surface area contributed by atoms with Gasteiger partial charge in [0.1, 0.15) is 5.56 Å². The van der Waals surface area contributed by atoms with Gasteiger partial charge in [-0.1, -0.05) is 12.1 Å². The lowest BCUT2D eigenvalue weighted by Crippen LogP contribution is -2.46. The Bertz CT molecular complexity index is 929. The van der Waals surface area contributed by atoms with Gasteiger partial charge in [0.2, 0.25) is 11.8 Å². The van der Waals surface area contributed by atoms with Crippen LogP contribution in [0, 0.1) is 0 Å². The molecule has 3 heterocycles. The molecule has 0 aliphatic carbocycles. The van der Waals surface area contributed by atoms with E-state index in [0.29, 0.717) is 43.4 Å². The molecule has 1 N–H and O–H groups in total. The van der Waals surface area contributed by atoms with Crippen LogP contribution in [0.3, 0.4) is 0 Å². The molecule has 0 saturated carbocycles. The third-order valence-corrected chi connectivity index (χ3v) is 5.60. The molecule has 2 aliphatic rings. The lowest BCUT2D eigenvalue weighted by molar-refractivity contribution is -0.123. The highest BCUT2D eigenvalue weighted by Crippen LogP contribution is 2.32. The number of ether oxygens (including phenoxy) is 3. The molecular weight excluding hydrogens is 410 g/mol. The van der Waals surface area contributed by atoms with Crippen molar-refractivity contribution in [1.29, 1.82) is 0 Å². The molecule has 0 unspecified atom stereocenters. The van der Waals surface area contributed by atoms with E-state index in [2.05, 4.69) is 10.3 Å². The van der Waals surface area contributed by atoms with Crippen molar-refractivity contribution in [1.82, 2.24) is 15.2 Å². The van der Waals surface area contributed by atoms with Crippen LogP contribution in [-0.2, 0) is 9.53 Å². The second-order valence-corrected chi connectivity index (χ2v) is 7.99. The Hall–Kier alpha value is -3.13. The number of hydrogen-bond acceptors (Lipinski definition) is 6. The molecule has 4 rings (SSSR count). The average Bonchev–Trinajstić information content (AvgIpc) is 2.82. The minimum Gasteiger partial charge on any atom is -0.490 e. The zero-order chi connectivity index (χ0) is 22.2. The first kappa shape index (κ1) is 22.1. The Labute approximate surface area is 187 Å². The van der Waals surface area contributed by atoms with Crippen molar-refractivity contribution >= 4 is 11.8 Å². The van der Waals surface area contributed by atoms with Crippen molar-refractivity contribution in [2.24, 2.45) is 0 Å². The Morgan fingerprint density at radius 1 is 1.03 bits per heavy atom. The molecule has 170 valence electrons. The summed E-state index contributed by atoms with van der Waals surface area (Å²) in [5.74, 6) is 0.886. The van der Waals surface area contributed by atoms with Crippen LogP contribution >= 0.6 is 0 Å². The highest BCUT2D eigenvalue weighted by atomic mass is 16.5. The van der Waals surface area contributed by atoms with Crippen LogP contribution in [0.5, 0.6) is 17.4 Å². The van der Waals surface area contributed by atoms with Gasteiger partial charge in [-0.25, -0.2) is 4.98 Å². The van der Waals surface area contributed by atoms with Gasteiger partial charge in [-0.05, 0) is 56.4 Å². The van der Waals surface area contributed by atoms with Crippen LogP contribution in [0.4, 0.5) is 0 Å². The Balaban J connectivity index is 1.55. The van der Waals surface area contributed by atoms with E-state index in [1.54, 1.807) is 29.3 Å². The van der Waals surface area contributed by atoms with Gasteiger partial charge in [0.15, 0.2) is 11.5 Å². The lowest BCUT2D eigenvalue weighted by atomic mass is 10.1. The van der Waals surface area contributed by atoms with Crippen molar-refractivity contribution in [3.63, 3.8) is 0 Å². The van der Waals surface area contributed by atoms with Gasteiger partial charge in [-0.3, -0.25) is 9.59 Å². The molecule has 0 spiro atoms. The molecule has 2 aromatic rings. The molecule has 8 heteroatoms. The second-order valence-electron chi connectivity index (χ2n) is 7.99. The summed E-state index contributed by atoms with van der Waals surface area (Å²) in [6, 6.07) is 10.8. The number of carbonyl (C=O) groups is 2. The highest BCUT2D eigenvalue weighted by Gasteiger charge is 2.25. The van der Waals surface area contributed by atoms with E-state index in [1.165, 1.54) is 0 Å². The number of hydrogen-bond donors (Lipinski definition) is 1. The number of nitrogens with one attached hydrogen (secondary N) is 1. The number of benzene rings is 1.